The minimum absolute atomic E-state index is 0.0818. The number of hydrogen-bond acceptors (Lipinski definition) is 4. The number of anilines is 1. The van der Waals surface area contributed by atoms with Crippen molar-refractivity contribution in [2.45, 2.75) is 31.1 Å². The highest BCUT2D eigenvalue weighted by molar-refractivity contribution is 7.89. The van der Waals surface area contributed by atoms with Gasteiger partial charge in [0.15, 0.2) is 0 Å². The molecule has 5 nitrogen and oxygen atoms in total. The summed E-state index contributed by atoms with van der Waals surface area (Å²) in [6, 6.07) is 4.87. The molecule has 0 unspecified atom stereocenters. The molecule has 1 aliphatic carbocycles. The minimum Gasteiger partial charge on any atom is -0.399 e. The summed E-state index contributed by atoms with van der Waals surface area (Å²) in [5, 5.41) is 0. The van der Waals surface area contributed by atoms with Crippen LogP contribution >= 0.6 is 0 Å². The first kappa shape index (κ1) is 15.3. The first-order chi connectivity index (χ1) is 9.37. The Kier molecular flexibility index (Phi) is 4.36. The summed E-state index contributed by atoms with van der Waals surface area (Å²) in [4.78, 5) is 0.234. The van der Waals surface area contributed by atoms with Gasteiger partial charge in [-0.25, -0.2) is 13.1 Å². The molecular formula is C14H22N2O3S. The van der Waals surface area contributed by atoms with Crippen molar-refractivity contribution in [3.63, 3.8) is 0 Å². The second-order valence-corrected chi connectivity index (χ2v) is 7.41. The van der Waals surface area contributed by atoms with E-state index < -0.39 is 10.0 Å². The number of ether oxygens (including phenoxy) is 1. The third-order valence-electron chi connectivity index (χ3n) is 3.81. The molecule has 1 aromatic carbocycles. The zero-order valence-corrected chi connectivity index (χ0v) is 12.8. The summed E-state index contributed by atoms with van der Waals surface area (Å²) in [6.45, 7) is 2.96. The van der Waals surface area contributed by atoms with Crippen LogP contribution in [0.1, 0.15) is 24.8 Å². The van der Waals surface area contributed by atoms with Gasteiger partial charge in [-0.3, -0.25) is 0 Å². The number of nitrogen functional groups attached to an aromatic ring is 1. The van der Waals surface area contributed by atoms with Crippen LogP contribution in [0.25, 0.3) is 0 Å². The predicted molar refractivity (Wildman–Crippen MR) is 78.9 cm³/mol. The number of nitrogens with two attached hydrogens (primary N) is 1. The number of methoxy groups -OCH3 is 1. The van der Waals surface area contributed by atoms with E-state index in [0.29, 0.717) is 18.8 Å². The molecule has 0 atom stereocenters. The van der Waals surface area contributed by atoms with Crippen LogP contribution in [-0.4, -0.2) is 28.7 Å². The minimum atomic E-state index is -3.49. The quantitative estimate of drug-likeness (QED) is 0.750. The van der Waals surface area contributed by atoms with E-state index in [2.05, 4.69) is 4.72 Å². The van der Waals surface area contributed by atoms with Gasteiger partial charge in [0.1, 0.15) is 0 Å². The molecular weight excluding hydrogens is 276 g/mol. The van der Waals surface area contributed by atoms with Gasteiger partial charge >= 0.3 is 0 Å². The zero-order valence-electron chi connectivity index (χ0n) is 12.0. The Morgan fingerprint density at radius 2 is 2.05 bits per heavy atom. The highest BCUT2D eigenvalue weighted by atomic mass is 32.2. The summed E-state index contributed by atoms with van der Waals surface area (Å²) in [6.07, 6.45) is 2.99. The molecule has 0 aromatic heterocycles. The molecule has 0 aliphatic heterocycles. The van der Waals surface area contributed by atoms with E-state index in [1.165, 1.54) is 6.07 Å². The number of nitrogens with one attached hydrogen (secondary N) is 1. The fourth-order valence-corrected chi connectivity index (χ4v) is 3.57. The van der Waals surface area contributed by atoms with E-state index in [1.54, 1.807) is 19.2 Å². The molecule has 0 radical (unpaired) electrons. The van der Waals surface area contributed by atoms with Crippen molar-refractivity contribution in [3.8, 4) is 0 Å². The summed E-state index contributed by atoms with van der Waals surface area (Å²) in [5.74, 6) is 0. The Bertz CT molecular complexity index is 560. The fourth-order valence-electron chi connectivity index (χ4n) is 2.27. The Balaban J connectivity index is 2.04. The lowest BCUT2D eigenvalue weighted by molar-refractivity contribution is 0.173. The van der Waals surface area contributed by atoms with Crippen molar-refractivity contribution in [1.82, 2.24) is 4.72 Å². The highest BCUT2D eigenvalue weighted by Crippen LogP contribution is 2.48. The molecule has 20 heavy (non-hydrogen) atoms. The summed E-state index contributed by atoms with van der Waals surface area (Å²) in [7, 11) is -1.83. The Labute approximate surface area is 120 Å². The maximum atomic E-state index is 12.3. The molecule has 0 saturated heterocycles. The molecule has 0 spiro atoms. The molecule has 112 valence electrons. The van der Waals surface area contributed by atoms with Crippen molar-refractivity contribution >= 4 is 15.7 Å². The van der Waals surface area contributed by atoms with Crippen LogP contribution in [0.3, 0.4) is 0 Å². The molecule has 1 aromatic rings. The Morgan fingerprint density at radius 1 is 1.35 bits per heavy atom. The van der Waals surface area contributed by atoms with Crippen LogP contribution < -0.4 is 10.5 Å². The predicted octanol–water partition coefficient (Wildman–Crippen LogP) is 1.67. The maximum absolute atomic E-state index is 12.3. The number of sulfonamides is 1. The second-order valence-electron chi connectivity index (χ2n) is 5.65. The van der Waals surface area contributed by atoms with Gasteiger partial charge < -0.3 is 10.5 Å². The molecule has 1 fully saturated rings. The highest BCUT2D eigenvalue weighted by Gasteiger charge is 2.42. The van der Waals surface area contributed by atoms with Crippen LogP contribution in [0.15, 0.2) is 23.1 Å². The van der Waals surface area contributed by atoms with E-state index >= 15 is 0 Å². The third kappa shape index (κ3) is 3.71. The fraction of sp³-hybridized carbons (Fsp3) is 0.571. The summed E-state index contributed by atoms with van der Waals surface area (Å²) >= 11 is 0. The zero-order chi connectivity index (χ0) is 14.8. The maximum Gasteiger partial charge on any atom is 0.240 e. The van der Waals surface area contributed by atoms with Crippen LogP contribution in [0, 0.1) is 12.3 Å². The van der Waals surface area contributed by atoms with Gasteiger partial charge in [0.25, 0.3) is 0 Å². The normalized spacial score (nSPS) is 17.1. The second kappa shape index (κ2) is 5.71. The van der Waals surface area contributed by atoms with E-state index in [0.717, 1.165) is 24.8 Å². The monoisotopic (exact) mass is 298 g/mol. The van der Waals surface area contributed by atoms with Crippen molar-refractivity contribution < 1.29 is 13.2 Å². The van der Waals surface area contributed by atoms with Gasteiger partial charge in [0, 0.05) is 25.9 Å². The largest absolute Gasteiger partial charge is 0.399 e. The lowest BCUT2D eigenvalue weighted by Crippen LogP contribution is -2.31. The van der Waals surface area contributed by atoms with Gasteiger partial charge in [-0.15, -0.1) is 0 Å². The lowest BCUT2D eigenvalue weighted by atomic mass is 10.0. The standard InChI is InChI=1S/C14H22N2O3S/c1-11-7-12(15)9-13(8-11)20(17,18)16-10-14(3-4-14)5-6-19-2/h7-9,16H,3-6,10,15H2,1-2H3. The smallest absolute Gasteiger partial charge is 0.240 e. The van der Waals surface area contributed by atoms with E-state index in [-0.39, 0.29) is 10.3 Å². The van der Waals surface area contributed by atoms with Crippen molar-refractivity contribution in [3.05, 3.63) is 23.8 Å². The van der Waals surface area contributed by atoms with Gasteiger partial charge in [0.2, 0.25) is 10.0 Å². The van der Waals surface area contributed by atoms with Crippen LogP contribution in [0.4, 0.5) is 5.69 Å². The van der Waals surface area contributed by atoms with Gasteiger partial charge in [-0.2, -0.15) is 0 Å². The van der Waals surface area contributed by atoms with Crippen molar-refractivity contribution in [2.24, 2.45) is 5.41 Å². The van der Waals surface area contributed by atoms with Crippen LogP contribution in [0.2, 0.25) is 0 Å². The molecule has 0 heterocycles. The number of rotatable bonds is 7. The number of aryl methyl sites for hydroxylation is 1. The molecule has 2 rings (SSSR count). The topological polar surface area (TPSA) is 81.4 Å². The molecule has 1 aliphatic rings. The SMILES string of the molecule is COCCC1(CNS(=O)(=O)c2cc(C)cc(N)c2)CC1. The first-order valence-corrected chi connectivity index (χ1v) is 8.21. The molecule has 0 bridgehead atoms. The average molecular weight is 298 g/mol. The van der Waals surface area contributed by atoms with Crippen LogP contribution in [0.5, 0.6) is 0 Å². The number of benzene rings is 1. The van der Waals surface area contributed by atoms with Crippen molar-refractivity contribution in [2.75, 3.05) is 26.0 Å². The summed E-state index contributed by atoms with van der Waals surface area (Å²) < 4.78 is 32.3. The summed E-state index contributed by atoms with van der Waals surface area (Å²) in [5.41, 5.74) is 7.09. The number of hydrogen-bond donors (Lipinski definition) is 2. The third-order valence-corrected chi connectivity index (χ3v) is 5.19. The first-order valence-electron chi connectivity index (χ1n) is 6.73. The van der Waals surface area contributed by atoms with Gasteiger partial charge in [-0.05, 0) is 55.4 Å². The molecule has 0 amide bonds. The van der Waals surface area contributed by atoms with Crippen LogP contribution in [-0.2, 0) is 14.8 Å². The lowest BCUT2D eigenvalue weighted by Gasteiger charge is -2.16. The van der Waals surface area contributed by atoms with E-state index in [4.69, 9.17) is 10.5 Å². The Hall–Kier alpha value is -1.11. The van der Waals surface area contributed by atoms with Gasteiger partial charge in [-0.1, -0.05) is 0 Å². The van der Waals surface area contributed by atoms with Gasteiger partial charge in [0.05, 0.1) is 4.90 Å². The molecule has 3 N–H and O–H groups in total. The average Bonchev–Trinajstić information content (AvgIpc) is 3.14. The van der Waals surface area contributed by atoms with Crippen molar-refractivity contribution in [1.29, 1.82) is 0 Å². The van der Waals surface area contributed by atoms with E-state index in [1.807, 2.05) is 6.92 Å². The van der Waals surface area contributed by atoms with E-state index in [9.17, 15) is 8.42 Å². The molecule has 1 saturated carbocycles. The molecule has 6 heteroatoms. The Morgan fingerprint density at radius 3 is 2.60 bits per heavy atom.